The second kappa shape index (κ2) is 9.49. The molecule has 1 aromatic rings. The number of anilines is 1. The van der Waals surface area contributed by atoms with E-state index < -0.39 is 12.1 Å². The molecule has 0 aliphatic heterocycles. The first-order valence-corrected chi connectivity index (χ1v) is 7.90. The SMILES string of the molecule is CCCCCCCCCc1ccc(NC(=O)C(F)(F)F)cc1. The summed E-state index contributed by atoms with van der Waals surface area (Å²) in [7, 11) is 0. The number of unbranched alkanes of at least 4 members (excludes halogenated alkanes) is 6. The second-order valence-electron chi connectivity index (χ2n) is 5.52. The molecule has 0 heterocycles. The summed E-state index contributed by atoms with van der Waals surface area (Å²) >= 11 is 0. The fourth-order valence-electron chi connectivity index (χ4n) is 2.24. The van der Waals surface area contributed by atoms with E-state index in [2.05, 4.69) is 6.92 Å². The quantitative estimate of drug-likeness (QED) is 0.601. The fraction of sp³-hybridized carbons (Fsp3) is 0.588. The summed E-state index contributed by atoms with van der Waals surface area (Å²) in [5, 5.41) is 1.84. The van der Waals surface area contributed by atoms with Gasteiger partial charge in [-0.05, 0) is 30.5 Å². The Kier molecular flexibility index (Phi) is 7.99. The molecule has 1 aromatic carbocycles. The Balaban J connectivity index is 2.26. The van der Waals surface area contributed by atoms with Crippen LogP contribution in [0.25, 0.3) is 0 Å². The Labute approximate surface area is 130 Å². The number of amides is 1. The lowest BCUT2D eigenvalue weighted by Gasteiger charge is -2.08. The molecule has 1 amide bonds. The van der Waals surface area contributed by atoms with E-state index in [0.29, 0.717) is 0 Å². The van der Waals surface area contributed by atoms with Gasteiger partial charge in [0, 0.05) is 5.69 Å². The van der Waals surface area contributed by atoms with Crippen LogP contribution < -0.4 is 5.32 Å². The van der Waals surface area contributed by atoms with Gasteiger partial charge in [-0.25, -0.2) is 0 Å². The molecule has 0 bridgehead atoms. The van der Waals surface area contributed by atoms with Gasteiger partial charge in [0.25, 0.3) is 0 Å². The van der Waals surface area contributed by atoms with E-state index in [4.69, 9.17) is 0 Å². The van der Waals surface area contributed by atoms with Crippen LogP contribution in [0.2, 0.25) is 0 Å². The Morgan fingerprint density at radius 3 is 2.05 bits per heavy atom. The summed E-state index contributed by atoms with van der Waals surface area (Å²) < 4.78 is 36.4. The minimum absolute atomic E-state index is 0.172. The van der Waals surface area contributed by atoms with E-state index >= 15 is 0 Å². The van der Waals surface area contributed by atoms with Crippen molar-refractivity contribution in [2.75, 3.05) is 5.32 Å². The molecule has 1 N–H and O–H groups in total. The van der Waals surface area contributed by atoms with Crippen molar-refractivity contribution in [2.24, 2.45) is 0 Å². The van der Waals surface area contributed by atoms with E-state index in [9.17, 15) is 18.0 Å². The molecule has 5 heteroatoms. The Hall–Kier alpha value is -1.52. The molecule has 0 saturated carbocycles. The Bertz CT molecular complexity index is 440. The Morgan fingerprint density at radius 2 is 1.50 bits per heavy atom. The fourth-order valence-corrected chi connectivity index (χ4v) is 2.24. The summed E-state index contributed by atoms with van der Waals surface area (Å²) in [6, 6.07) is 6.56. The minimum Gasteiger partial charge on any atom is -0.318 e. The summed E-state index contributed by atoms with van der Waals surface area (Å²) in [5.41, 5.74) is 1.25. The number of hydrogen-bond donors (Lipinski definition) is 1. The number of halogens is 3. The summed E-state index contributed by atoms with van der Waals surface area (Å²) in [6.45, 7) is 2.20. The maximum Gasteiger partial charge on any atom is 0.471 e. The largest absolute Gasteiger partial charge is 0.471 e. The second-order valence-corrected chi connectivity index (χ2v) is 5.52. The van der Waals surface area contributed by atoms with Gasteiger partial charge in [-0.2, -0.15) is 13.2 Å². The van der Waals surface area contributed by atoms with E-state index in [1.54, 1.807) is 12.1 Å². The topological polar surface area (TPSA) is 29.1 Å². The highest BCUT2D eigenvalue weighted by Crippen LogP contribution is 2.19. The van der Waals surface area contributed by atoms with Gasteiger partial charge in [0.2, 0.25) is 0 Å². The van der Waals surface area contributed by atoms with Crippen LogP contribution in [-0.4, -0.2) is 12.1 Å². The van der Waals surface area contributed by atoms with E-state index in [0.717, 1.165) is 18.4 Å². The van der Waals surface area contributed by atoms with Crippen molar-refractivity contribution in [1.29, 1.82) is 0 Å². The van der Waals surface area contributed by atoms with Gasteiger partial charge in [-0.3, -0.25) is 4.79 Å². The van der Waals surface area contributed by atoms with Crippen molar-refractivity contribution < 1.29 is 18.0 Å². The van der Waals surface area contributed by atoms with E-state index in [1.807, 2.05) is 5.32 Å². The molecule has 0 saturated heterocycles. The van der Waals surface area contributed by atoms with Gasteiger partial charge in [0.15, 0.2) is 0 Å². The van der Waals surface area contributed by atoms with Crippen molar-refractivity contribution >= 4 is 11.6 Å². The standard InChI is InChI=1S/C17H24F3NO/c1-2-3-4-5-6-7-8-9-14-10-12-15(13-11-14)21-16(22)17(18,19)20/h10-13H,2-9H2,1H3,(H,21,22). The van der Waals surface area contributed by atoms with Crippen LogP contribution in [0.4, 0.5) is 18.9 Å². The average molecular weight is 315 g/mol. The van der Waals surface area contributed by atoms with Crippen LogP contribution in [-0.2, 0) is 11.2 Å². The van der Waals surface area contributed by atoms with Crippen molar-refractivity contribution in [3.63, 3.8) is 0 Å². The van der Waals surface area contributed by atoms with Gasteiger partial charge in [0.05, 0.1) is 0 Å². The van der Waals surface area contributed by atoms with Crippen LogP contribution >= 0.6 is 0 Å². The molecule has 0 aliphatic carbocycles. The van der Waals surface area contributed by atoms with E-state index in [-0.39, 0.29) is 5.69 Å². The zero-order valence-electron chi connectivity index (χ0n) is 13.0. The van der Waals surface area contributed by atoms with Crippen LogP contribution in [0.5, 0.6) is 0 Å². The number of rotatable bonds is 9. The molecule has 0 aliphatic rings. The number of carbonyl (C=O) groups is 1. The zero-order valence-corrected chi connectivity index (χ0v) is 13.0. The predicted molar refractivity (Wildman–Crippen MR) is 82.8 cm³/mol. The molecule has 0 atom stereocenters. The van der Waals surface area contributed by atoms with Crippen molar-refractivity contribution in [1.82, 2.24) is 0 Å². The van der Waals surface area contributed by atoms with Gasteiger partial charge in [0.1, 0.15) is 0 Å². The summed E-state index contributed by atoms with van der Waals surface area (Å²) in [6.07, 6.45) is 4.68. The predicted octanol–water partition coefficient (Wildman–Crippen LogP) is 5.48. The minimum atomic E-state index is -4.85. The summed E-state index contributed by atoms with van der Waals surface area (Å²) in [4.78, 5) is 10.8. The number of hydrogen-bond acceptors (Lipinski definition) is 1. The van der Waals surface area contributed by atoms with E-state index in [1.165, 1.54) is 50.7 Å². The molecular weight excluding hydrogens is 291 g/mol. The first-order valence-electron chi connectivity index (χ1n) is 7.90. The maximum absolute atomic E-state index is 12.1. The maximum atomic E-state index is 12.1. The third-order valence-electron chi connectivity index (χ3n) is 3.54. The monoisotopic (exact) mass is 315 g/mol. The molecule has 0 fully saturated rings. The average Bonchev–Trinajstić information content (AvgIpc) is 2.47. The van der Waals surface area contributed by atoms with Crippen molar-refractivity contribution in [3.05, 3.63) is 29.8 Å². The molecule has 2 nitrogen and oxygen atoms in total. The van der Waals surface area contributed by atoms with Gasteiger partial charge in [-0.1, -0.05) is 57.6 Å². The number of nitrogens with one attached hydrogen (secondary N) is 1. The van der Waals surface area contributed by atoms with Crippen LogP contribution in [0.15, 0.2) is 24.3 Å². The lowest BCUT2D eigenvalue weighted by molar-refractivity contribution is -0.167. The molecule has 0 unspecified atom stereocenters. The number of aryl methyl sites for hydroxylation is 1. The third kappa shape index (κ3) is 7.48. The van der Waals surface area contributed by atoms with Gasteiger partial charge < -0.3 is 5.32 Å². The molecule has 22 heavy (non-hydrogen) atoms. The van der Waals surface area contributed by atoms with Gasteiger partial charge in [-0.15, -0.1) is 0 Å². The number of benzene rings is 1. The van der Waals surface area contributed by atoms with Crippen molar-refractivity contribution in [2.45, 2.75) is 64.5 Å². The smallest absolute Gasteiger partial charge is 0.318 e. The lowest BCUT2D eigenvalue weighted by atomic mass is 10.0. The highest BCUT2D eigenvalue weighted by Gasteiger charge is 2.38. The molecule has 124 valence electrons. The molecule has 0 radical (unpaired) electrons. The zero-order chi connectivity index (χ0) is 16.4. The van der Waals surface area contributed by atoms with Crippen LogP contribution in [0.1, 0.15) is 57.4 Å². The van der Waals surface area contributed by atoms with Crippen molar-refractivity contribution in [3.8, 4) is 0 Å². The first-order chi connectivity index (χ1) is 10.4. The first kappa shape index (κ1) is 18.5. The highest BCUT2D eigenvalue weighted by molar-refractivity contribution is 5.94. The molecule has 0 aromatic heterocycles. The Morgan fingerprint density at radius 1 is 0.955 bits per heavy atom. The van der Waals surface area contributed by atoms with Gasteiger partial charge >= 0.3 is 12.1 Å². The molecule has 0 spiro atoms. The lowest BCUT2D eigenvalue weighted by Crippen LogP contribution is -2.29. The summed E-state index contributed by atoms with van der Waals surface area (Å²) in [5.74, 6) is -1.94. The third-order valence-corrected chi connectivity index (χ3v) is 3.54. The highest BCUT2D eigenvalue weighted by atomic mass is 19.4. The van der Waals surface area contributed by atoms with Crippen LogP contribution in [0, 0.1) is 0 Å². The molecule has 1 rings (SSSR count). The molecular formula is C17H24F3NO. The van der Waals surface area contributed by atoms with Crippen LogP contribution in [0.3, 0.4) is 0 Å². The normalized spacial score (nSPS) is 11.5. The number of alkyl halides is 3. The number of carbonyl (C=O) groups excluding carboxylic acids is 1.